The lowest BCUT2D eigenvalue weighted by molar-refractivity contribution is 0.0602. The summed E-state index contributed by atoms with van der Waals surface area (Å²) >= 11 is 0. The zero-order chi connectivity index (χ0) is 15.1. The Labute approximate surface area is 123 Å². The lowest BCUT2D eigenvalue weighted by Gasteiger charge is -2.13. The minimum atomic E-state index is -0.386. The van der Waals surface area contributed by atoms with E-state index in [1.807, 2.05) is 10.8 Å². The number of hydrogen-bond acceptors (Lipinski definition) is 5. The second kappa shape index (κ2) is 7.33. The maximum absolute atomic E-state index is 11.7. The van der Waals surface area contributed by atoms with E-state index in [-0.39, 0.29) is 5.97 Å². The number of nitrogens with one attached hydrogen (secondary N) is 1. The summed E-state index contributed by atoms with van der Waals surface area (Å²) in [5.41, 5.74) is 7.58. The number of nitrogens with two attached hydrogens (primary N) is 1. The van der Waals surface area contributed by atoms with Gasteiger partial charge in [-0.1, -0.05) is 6.07 Å². The first-order chi connectivity index (χ1) is 10.2. The average molecular weight is 288 g/mol. The molecule has 0 unspecified atom stereocenters. The quantitative estimate of drug-likeness (QED) is 0.463. The highest BCUT2D eigenvalue weighted by atomic mass is 16.5. The molecule has 0 radical (unpaired) electrons. The molecule has 21 heavy (non-hydrogen) atoms. The fraction of sp³-hybridized carbons (Fsp3) is 0.333. The zero-order valence-corrected chi connectivity index (χ0v) is 12.1. The normalized spacial score (nSPS) is 10.3. The van der Waals surface area contributed by atoms with Crippen LogP contribution in [0.2, 0.25) is 0 Å². The first-order valence-electron chi connectivity index (χ1n) is 6.89. The van der Waals surface area contributed by atoms with Crippen molar-refractivity contribution in [3.05, 3.63) is 42.5 Å². The first kappa shape index (κ1) is 14.9. The number of aryl methyl sites for hydroxylation is 1. The van der Waals surface area contributed by atoms with Gasteiger partial charge in [-0.05, 0) is 25.0 Å². The third kappa shape index (κ3) is 3.98. The number of nitrogen functional groups attached to an aromatic ring is 1. The number of carbonyl (C=O) groups is 1. The van der Waals surface area contributed by atoms with Gasteiger partial charge in [0, 0.05) is 25.5 Å². The Hall–Kier alpha value is -2.50. The lowest BCUT2D eigenvalue weighted by atomic mass is 10.1. The molecular formula is C15H20N4O2. The van der Waals surface area contributed by atoms with Crippen molar-refractivity contribution >= 4 is 17.3 Å². The number of ether oxygens (including phenoxy) is 1. The molecule has 0 aliphatic rings. The standard InChI is InChI=1S/C15H20N4O2/c1-21-15(20)12-5-4-6-13(16)14(12)18-7-2-3-9-19-10-8-17-11-19/h4-6,8,10-11,18H,2-3,7,9,16H2,1H3. The number of imidazole rings is 1. The molecule has 6 heteroatoms. The second-order valence-corrected chi connectivity index (χ2v) is 4.70. The number of carbonyl (C=O) groups excluding carboxylic acids is 1. The summed E-state index contributed by atoms with van der Waals surface area (Å²) in [6, 6.07) is 5.21. The van der Waals surface area contributed by atoms with Crippen molar-refractivity contribution in [3.8, 4) is 0 Å². The number of para-hydroxylation sites is 1. The van der Waals surface area contributed by atoms with Gasteiger partial charge in [0.2, 0.25) is 0 Å². The molecule has 1 aromatic carbocycles. The van der Waals surface area contributed by atoms with Gasteiger partial charge >= 0.3 is 5.97 Å². The highest BCUT2D eigenvalue weighted by Gasteiger charge is 2.13. The molecule has 2 aromatic rings. The topological polar surface area (TPSA) is 82.2 Å². The van der Waals surface area contributed by atoms with Crippen molar-refractivity contribution in [1.82, 2.24) is 9.55 Å². The number of anilines is 2. The van der Waals surface area contributed by atoms with Crippen molar-refractivity contribution in [1.29, 1.82) is 0 Å². The van der Waals surface area contributed by atoms with Gasteiger partial charge in [-0.25, -0.2) is 9.78 Å². The van der Waals surface area contributed by atoms with Gasteiger partial charge < -0.3 is 20.4 Å². The van der Waals surface area contributed by atoms with Crippen molar-refractivity contribution < 1.29 is 9.53 Å². The molecule has 0 spiro atoms. The Morgan fingerprint density at radius 3 is 3.00 bits per heavy atom. The van der Waals surface area contributed by atoms with Gasteiger partial charge in [-0.2, -0.15) is 0 Å². The van der Waals surface area contributed by atoms with Crippen LogP contribution in [-0.4, -0.2) is 29.2 Å². The van der Waals surface area contributed by atoms with Gasteiger partial charge in [0.05, 0.1) is 30.4 Å². The predicted octanol–water partition coefficient (Wildman–Crippen LogP) is 2.14. The molecule has 0 saturated heterocycles. The van der Waals surface area contributed by atoms with E-state index in [4.69, 9.17) is 10.5 Å². The van der Waals surface area contributed by atoms with E-state index in [0.717, 1.165) is 25.9 Å². The van der Waals surface area contributed by atoms with Gasteiger partial charge in [-0.3, -0.25) is 0 Å². The lowest BCUT2D eigenvalue weighted by Crippen LogP contribution is -2.11. The maximum atomic E-state index is 11.7. The molecule has 0 saturated carbocycles. The van der Waals surface area contributed by atoms with Crippen LogP contribution < -0.4 is 11.1 Å². The molecule has 1 aromatic heterocycles. The minimum absolute atomic E-state index is 0.386. The average Bonchev–Trinajstić information content (AvgIpc) is 3.00. The van der Waals surface area contributed by atoms with E-state index < -0.39 is 0 Å². The molecule has 2 rings (SSSR count). The Morgan fingerprint density at radius 2 is 2.29 bits per heavy atom. The maximum Gasteiger partial charge on any atom is 0.340 e. The summed E-state index contributed by atoms with van der Waals surface area (Å²) in [5.74, 6) is -0.386. The van der Waals surface area contributed by atoms with E-state index in [0.29, 0.717) is 16.9 Å². The first-order valence-corrected chi connectivity index (χ1v) is 6.89. The number of unbranched alkanes of at least 4 members (excludes halogenated alkanes) is 1. The van der Waals surface area contributed by atoms with E-state index in [2.05, 4.69) is 10.3 Å². The second-order valence-electron chi connectivity index (χ2n) is 4.70. The number of aromatic nitrogens is 2. The SMILES string of the molecule is COC(=O)c1cccc(N)c1NCCCCn1ccnc1. The summed E-state index contributed by atoms with van der Waals surface area (Å²) in [6.45, 7) is 1.67. The molecule has 0 aliphatic heterocycles. The summed E-state index contributed by atoms with van der Waals surface area (Å²) < 4.78 is 6.80. The smallest absolute Gasteiger partial charge is 0.340 e. The molecule has 0 aliphatic carbocycles. The molecule has 3 N–H and O–H groups in total. The molecule has 0 amide bonds. The molecular weight excluding hydrogens is 268 g/mol. The summed E-state index contributed by atoms with van der Waals surface area (Å²) in [6.07, 6.45) is 7.50. The monoisotopic (exact) mass is 288 g/mol. The van der Waals surface area contributed by atoms with E-state index in [1.165, 1.54) is 7.11 Å². The van der Waals surface area contributed by atoms with Crippen LogP contribution in [0.15, 0.2) is 36.9 Å². The van der Waals surface area contributed by atoms with Crippen molar-refractivity contribution in [2.24, 2.45) is 0 Å². The molecule has 0 fully saturated rings. The number of benzene rings is 1. The third-order valence-corrected chi connectivity index (χ3v) is 3.21. The van der Waals surface area contributed by atoms with Crippen LogP contribution in [0.25, 0.3) is 0 Å². The minimum Gasteiger partial charge on any atom is -0.465 e. The number of methoxy groups -OCH3 is 1. The largest absolute Gasteiger partial charge is 0.465 e. The van der Waals surface area contributed by atoms with Crippen LogP contribution in [-0.2, 0) is 11.3 Å². The van der Waals surface area contributed by atoms with Crippen molar-refractivity contribution in [2.75, 3.05) is 24.7 Å². The fourth-order valence-electron chi connectivity index (χ4n) is 2.10. The van der Waals surface area contributed by atoms with Crippen LogP contribution in [0.4, 0.5) is 11.4 Å². The van der Waals surface area contributed by atoms with E-state index in [9.17, 15) is 4.79 Å². The van der Waals surface area contributed by atoms with Crippen LogP contribution >= 0.6 is 0 Å². The molecule has 1 heterocycles. The van der Waals surface area contributed by atoms with Crippen LogP contribution in [0, 0.1) is 0 Å². The Kier molecular flexibility index (Phi) is 5.20. The number of hydrogen-bond donors (Lipinski definition) is 2. The van der Waals surface area contributed by atoms with Crippen LogP contribution in [0.1, 0.15) is 23.2 Å². The summed E-state index contributed by atoms with van der Waals surface area (Å²) in [7, 11) is 1.36. The zero-order valence-electron chi connectivity index (χ0n) is 12.1. The van der Waals surface area contributed by atoms with Gasteiger partial charge in [0.25, 0.3) is 0 Å². The van der Waals surface area contributed by atoms with E-state index in [1.54, 1.807) is 30.7 Å². The van der Waals surface area contributed by atoms with Crippen LogP contribution in [0.3, 0.4) is 0 Å². The van der Waals surface area contributed by atoms with Crippen LogP contribution in [0.5, 0.6) is 0 Å². The van der Waals surface area contributed by atoms with Crippen molar-refractivity contribution in [3.63, 3.8) is 0 Å². The van der Waals surface area contributed by atoms with Crippen molar-refractivity contribution in [2.45, 2.75) is 19.4 Å². The number of rotatable bonds is 7. The Bertz CT molecular complexity index is 581. The molecule has 0 bridgehead atoms. The van der Waals surface area contributed by atoms with Gasteiger partial charge in [-0.15, -0.1) is 0 Å². The van der Waals surface area contributed by atoms with Gasteiger partial charge in [0.15, 0.2) is 0 Å². The Morgan fingerprint density at radius 1 is 1.43 bits per heavy atom. The highest BCUT2D eigenvalue weighted by Crippen LogP contribution is 2.24. The fourth-order valence-corrected chi connectivity index (χ4v) is 2.10. The number of esters is 1. The Balaban J connectivity index is 1.86. The number of nitrogens with zero attached hydrogens (tertiary/aromatic N) is 2. The highest BCUT2D eigenvalue weighted by molar-refractivity contribution is 5.98. The predicted molar refractivity (Wildman–Crippen MR) is 82.1 cm³/mol. The summed E-state index contributed by atoms with van der Waals surface area (Å²) in [4.78, 5) is 15.7. The van der Waals surface area contributed by atoms with Gasteiger partial charge in [0.1, 0.15) is 0 Å². The molecule has 0 atom stereocenters. The molecule has 6 nitrogen and oxygen atoms in total. The molecule has 112 valence electrons. The van der Waals surface area contributed by atoms with E-state index >= 15 is 0 Å². The summed E-state index contributed by atoms with van der Waals surface area (Å²) in [5, 5.41) is 3.23. The third-order valence-electron chi connectivity index (χ3n) is 3.21.